The molecule has 2 aromatic carbocycles. The maximum atomic E-state index is 13.3. The van der Waals surface area contributed by atoms with Crippen molar-refractivity contribution in [2.75, 3.05) is 5.75 Å². The van der Waals surface area contributed by atoms with E-state index in [2.05, 4.69) is 33.6 Å². The lowest BCUT2D eigenvalue weighted by molar-refractivity contribution is -0.143. The highest BCUT2D eigenvalue weighted by atomic mass is 32.1. The molecule has 0 aliphatic heterocycles. The fourth-order valence-electron chi connectivity index (χ4n) is 4.20. The van der Waals surface area contributed by atoms with Crippen LogP contribution in [0.25, 0.3) is 10.9 Å². The van der Waals surface area contributed by atoms with Gasteiger partial charge in [0, 0.05) is 29.3 Å². The number of hydrogen-bond donors (Lipinski definition) is 7. The Kier molecular flexibility index (Phi) is 10.5. The minimum absolute atomic E-state index is 0.0753. The van der Waals surface area contributed by atoms with Crippen molar-refractivity contribution in [1.82, 2.24) is 20.9 Å². The van der Waals surface area contributed by atoms with Crippen LogP contribution in [0, 0.1) is 5.92 Å². The first-order valence-corrected chi connectivity index (χ1v) is 13.3. The number of H-pyrrole nitrogens is 1. The summed E-state index contributed by atoms with van der Waals surface area (Å²) in [4.78, 5) is 53.9. The number of aromatic nitrogens is 1. The third kappa shape index (κ3) is 8.08. The summed E-state index contributed by atoms with van der Waals surface area (Å²) in [5, 5.41) is 18.1. The van der Waals surface area contributed by atoms with Crippen molar-refractivity contribution in [1.29, 1.82) is 0 Å². The monoisotopic (exact) mass is 553 g/mol. The van der Waals surface area contributed by atoms with Crippen LogP contribution in [-0.2, 0) is 32.0 Å². The normalized spacial score (nSPS) is 14.3. The van der Waals surface area contributed by atoms with Crippen LogP contribution in [0.3, 0.4) is 0 Å². The molecule has 1 aromatic heterocycles. The van der Waals surface area contributed by atoms with E-state index in [-0.39, 0.29) is 24.5 Å². The molecule has 0 aliphatic carbocycles. The van der Waals surface area contributed by atoms with Crippen molar-refractivity contribution in [3.8, 4) is 0 Å². The van der Waals surface area contributed by atoms with E-state index in [9.17, 15) is 24.3 Å². The molecular formula is C28H35N5O5S. The first-order valence-electron chi connectivity index (χ1n) is 12.7. The van der Waals surface area contributed by atoms with Crippen LogP contribution in [0.15, 0.2) is 60.8 Å². The Bertz CT molecular complexity index is 1300. The number of benzene rings is 2. The molecule has 0 bridgehead atoms. The Morgan fingerprint density at radius 1 is 0.872 bits per heavy atom. The number of nitrogens with two attached hydrogens (primary N) is 1. The second kappa shape index (κ2) is 13.8. The summed E-state index contributed by atoms with van der Waals surface area (Å²) in [6.07, 6.45) is 2.22. The molecule has 3 rings (SSSR count). The van der Waals surface area contributed by atoms with Crippen LogP contribution in [0.4, 0.5) is 0 Å². The number of carbonyl (C=O) groups is 4. The number of carbonyl (C=O) groups excluding carboxylic acids is 3. The number of para-hydroxylation sites is 1. The maximum absolute atomic E-state index is 13.3. The summed E-state index contributed by atoms with van der Waals surface area (Å²) in [5.41, 5.74) is 8.84. The zero-order chi connectivity index (χ0) is 28.5. The van der Waals surface area contributed by atoms with Crippen LogP contribution in [0.5, 0.6) is 0 Å². The summed E-state index contributed by atoms with van der Waals surface area (Å²) < 4.78 is 0. The standard InChI is InChI=1S/C28H35N5O5S/c1-16(2)24(28(37)38)33-27(36)23(15-39)32-26(35)22(12-17-8-4-3-5-9-17)31-25(34)20(29)13-18-14-30-21-11-7-6-10-19(18)21/h3-11,14,16,20,22-24,30,39H,12-13,15,29H2,1-2H3,(H,31,34)(H,32,35)(H,33,36)(H,37,38). The lowest BCUT2D eigenvalue weighted by Gasteiger charge is -2.25. The number of carboxylic acid groups (broad SMARTS) is 1. The lowest BCUT2D eigenvalue weighted by atomic mass is 10.0. The number of thiol groups is 1. The Labute approximate surface area is 232 Å². The highest BCUT2D eigenvalue weighted by molar-refractivity contribution is 7.80. The lowest BCUT2D eigenvalue weighted by Crippen LogP contribution is -2.58. The highest BCUT2D eigenvalue weighted by Crippen LogP contribution is 2.19. The smallest absolute Gasteiger partial charge is 0.326 e. The number of fused-ring (bicyclic) bond motifs is 1. The van der Waals surface area contributed by atoms with Gasteiger partial charge in [-0.15, -0.1) is 0 Å². The third-order valence-electron chi connectivity index (χ3n) is 6.41. The molecule has 11 heteroatoms. The fraction of sp³-hybridized carbons (Fsp3) is 0.357. The van der Waals surface area contributed by atoms with Gasteiger partial charge in [0.25, 0.3) is 0 Å². The van der Waals surface area contributed by atoms with Gasteiger partial charge in [-0.2, -0.15) is 12.6 Å². The molecule has 0 aliphatic rings. The van der Waals surface area contributed by atoms with Gasteiger partial charge in [-0.1, -0.05) is 62.4 Å². The van der Waals surface area contributed by atoms with E-state index in [1.807, 2.05) is 60.8 Å². The van der Waals surface area contributed by atoms with Crippen LogP contribution in [-0.4, -0.2) is 63.7 Å². The minimum Gasteiger partial charge on any atom is -0.480 e. The molecule has 0 saturated heterocycles. The predicted molar refractivity (Wildman–Crippen MR) is 152 cm³/mol. The Balaban J connectivity index is 1.73. The van der Waals surface area contributed by atoms with E-state index in [0.29, 0.717) is 0 Å². The largest absolute Gasteiger partial charge is 0.480 e. The predicted octanol–water partition coefficient (Wildman–Crippen LogP) is 1.41. The van der Waals surface area contributed by atoms with Gasteiger partial charge in [0.15, 0.2) is 0 Å². The Hall–Kier alpha value is -3.83. The second-order valence-corrected chi connectivity index (χ2v) is 10.1. The van der Waals surface area contributed by atoms with Gasteiger partial charge in [0.1, 0.15) is 18.1 Å². The topological polar surface area (TPSA) is 166 Å². The van der Waals surface area contributed by atoms with E-state index < -0.39 is 47.9 Å². The molecule has 3 aromatic rings. The molecule has 10 nitrogen and oxygen atoms in total. The average Bonchev–Trinajstić information content (AvgIpc) is 3.32. The van der Waals surface area contributed by atoms with Gasteiger partial charge in [0.05, 0.1) is 6.04 Å². The van der Waals surface area contributed by atoms with Gasteiger partial charge in [0.2, 0.25) is 17.7 Å². The molecule has 0 spiro atoms. The maximum Gasteiger partial charge on any atom is 0.326 e. The number of hydrogen-bond acceptors (Lipinski definition) is 6. The number of nitrogens with one attached hydrogen (secondary N) is 4. The van der Waals surface area contributed by atoms with Crippen molar-refractivity contribution >= 4 is 47.2 Å². The van der Waals surface area contributed by atoms with Crippen LogP contribution >= 0.6 is 12.6 Å². The number of aromatic amines is 1. The van der Waals surface area contributed by atoms with E-state index in [0.717, 1.165) is 22.0 Å². The number of rotatable bonds is 13. The van der Waals surface area contributed by atoms with Crippen molar-refractivity contribution in [2.45, 2.75) is 50.9 Å². The molecule has 0 radical (unpaired) electrons. The molecular weight excluding hydrogens is 518 g/mol. The molecule has 3 amide bonds. The van der Waals surface area contributed by atoms with Crippen LogP contribution in [0.2, 0.25) is 0 Å². The molecule has 39 heavy (non-hydrogen) atoms. The molecule has 4 unspecified atom stereocenters. The van der Waals surface area contributed by atoms with E-state index in [1.165, 1.54) is 0 Å². The van der Waals surface area contributed by atoms with E-state index in [4.69, 9.17) is 5.73 Å². The Morgan fingerprint density at radius 3 is 2.13 bits per heavy atom. The van der Waals surface area contributed by atoms with E-state index >= 15 is 0 Å². The van der Waals surface area contributed by atoms with Crippen molar-refractivity contribution in [3.63, 3.8) is 0 Å². The van der Waals surface area contributed by atoms with Gasteiger partial charge >= 0.3 is 5.97 Å². The molecule has 1 heterocycles. The molecule has 208 valence electrons. The summed E-state index contributed by atoms with van der Waals surface area (Å²) in [6, 6.07) is 12.6. The van der Waals surface area contributed by atoms with Crippen molar-refractivity contribution in [2.24, 2.45) is 11.7 Å². The van der Waals surface area contributed by atoms with Gasteiger partial charge < -0.3 is 31.8 Å². The van der Waals surface area contributed by atoms with Crippen molar-refractivity contribution in [3.05, 3.63) is 71.9 Å². The first-order chi connectivity index (χ1) is 18.6. The average molecular weight is 554 g/mol. The van der Waals surface area contributed by atoms with Gasteiger partial charge in [-0.25, -0.2) is 4.79 Å². The summed E-state index contributed by atoms with van der Waals surface area (Å²) in [5.74, 6) is -3.44. The van der Waals surface area contributed by atoms with Crippen molar-refractivity contribution < 1.29 is 24.3 Å². The highest BCUT2D eigenvalue weighted by Gasteiger charge is 2.31. The second-order valence-electron chi connectivity index (χ2n) is 9.73. The first kappa shape index (κ1) is 29.7. The van der Waals surface area contributed by atoms with Gasteiger partial charge in [-0.3, -0.25) is 14.4 Å². The van der Waals surface area contributed by atoms with Crippen LogP contribution < -0.4 is 21.7 Å². The minimum atomic E-state index is -1.18. The quantitative estimate of drug-likeness (QED) is 0.158. The third-order valence-corrected chi connectivity index (χ3v) is 6.78. The summed E-state index contributed by atoms with van der Waals surface area (Å²) in [6.45, 7) is 3.33. The molecule has 7 N–H and O–H groups in total. The van der Waals surface area contributed by atoms with Gasteiger partial charge in [-0.05, 0) is 29.5 Å². The number of aliphatic carboxylic acids is 1. The Morgan fingerprint density at radius 2 is 1.49 bits per heavy atom. The zero-order valence-electron chi connectivity index (χ0n) is 21.9. The molecule has 0 saturated carbocycles. The SMILES string of the molecule is CC(C)C(NC(=O)C(CS)NC(=O)C(Cc1ccccc1)NC(=O)C(N)Cc1c[nH]c2ccccc12)C(=O)O. The molecule has 0 fully saturated rings. The summed E-state index contributed by atoms with van der Waals surface area (Å²) in [7, 11) is 0. The number of amides is 3. The number of carboxylic acids is 1. The van der Waals surface area contributed by atoms with E-state index in [1.54, 1.807) is 13.8 Å². The molecule has 4 atom stereocenters. The van der Waals surface area contributed by atoms with Crippen LogP contribution in [0.1, 0.15) is 25.0 Å². The summed E-state index contributed by atoms with van der Waals surface area (Å²) >= 11 is 4.17. The fourth-order valence-corrected chi connectivity index (χ4v) is 4.46. The zero-order valence-corrected chi connectivity index (χ0v) is 22.8.